The molecule has 0 fully saturated rings. The van der Waals surface area contributed by atoms with Crippen LogP contribution in [0.4, 0.5) is 5.69 Å². The number of nitriles is 1. The predicted molar refractivity (Wildman–Crippen MR) is 65.1 cm³/mol. The molecule has 7 heteroatoms. The lowest BCUT2D eigenvalue weighted by Crippen LogP contribution is -2.13. The number of halogens is 1. The summed E-state index contributed by atoms with van der Waals surface area (Å²) in [6, 6.07) is 6.58. The first-order valence-electron chi connectivity index (χ1n) is 4.97. The third kappa shape index (κ3) is 2.47. The predicted octanol–water partition coefficient (Wildman–Crippen LogP) is 1.59. The van der Waals surface area contributed by atoms with Gasteiger partial charge in [0.25, 0.3) is 5.91 Å². The maximum Gasteiger partial charge on any atom is 0.277 e. The van der Waals surface area contributed by atoms with Gasteiger partial charge in [-0.25, -0.2) is 0 Å². The number of hydrogen-bond donors (Lipinski definition) is 1. The van der Waals surface area contributed by atoms with Crippen molar-refractivity contribution in [3.63, 3.8) is 0 Å². The molecule has 0 spiro atoms. The van der Waals surface area contributed by atoms with Crippen molar-refractivity contribution in [1.82, 2.24) is 15.0 Å². The SMILES string of the molecule is Cn1ncc(C(=O)Nc2ccc(C#N)c(Cl)c2)n1. The standard InChI is InChI=1S/C11H8ClN5O/c1-17-14-6-10(16-17)11(18)15-8-3-2-7(5-13)9(12)4-8/h2-4,6H,1H3,(H,15,18). The van der Waals surface area contributed by atoms with Crippen molar-refractivity contribution in [3.8, 4) is 6.07 Å². The molecule has 90 valence electrons. The lowest BCUT2D eigenvalue weighted by Gasteiger charge is -2.03. The van der Waals surface area contributed by atoms with Gasteiger partial charge in [0.15, 0.2) is 5.69 Å². The van der Waals surface area contributed by atoms with Crippen LogP contribution in [0.1, 0.15) is 16.1 Å². The smallest absolute Gasteiger partial charge is 0.277 e. The van der Waals surface area contributed by atoms with Gasteiger partial charge in [0.05, 0.1) is 16.8 Å². The van der Waals surface area contributed by atoms with Crippen LogP contribution in [-0.4, -0.2) is 20.9 Å². The summed E-state index contributed by atoms with van der Waals surface area (Å²) in [4.78, 5) is 13.1. The summed E-state index contributed by atoms with van der Waals surface area (Å²) in [5.74, 6) is -0.385. The number of rotatable bonds is 2. The monoisotopic (exact) mass is 261 g/mol. The van der Waals surface area contributed by atoms with Crippen LogP contribution >= 0.6 is 11.6 Å². The zero-order valence-electron chi connectivity index (χ0n) is 9.38. The number of carbonyl (C=O) groups is 1. The van der Waals surface area contributed by atoms with Gasteiger partial charge in [-0.05, 0) is 18.2 Å². The largest absolute Gasteiger partial charge is 0.320 e. The third-order valence-electron chi connectivity index (χ3n) is 2.18. The molecule has 6 nitrogen and oxygen atoms in total. The van der Waals surface area contributed by atoms with E-state index < -0.39 is 0 Å². The zero-order valence-corrected chi connectivity index (χ0v) is 10.1. The van der Waals surface area contributed by atoms with E-state index in [1.54, 1.807) is 13.1 Å². The molecule has 1 amide bonds. The van der Waals surface area contributed by atoms with Gasteiger partial charge in [0.2, 0.25) is 0 Å². The first-order valence-corrected chi connectivity index (χ1v) is 5.35. The van der Waals surface area contributed by atoms with Crippen LogP contribution in [0.5, 0.6) is 0 Å². The normalized spacial score (nSPS) is 9.83. The molecule has 0 aliphatic rings. The van der Waals surface area contributed by atoms with Crippen molar-refractivity contribution >= 4 is 23.2 Å². The summed E-state index contributed by atoms with van der Waals surface area (Å²) in [6.45, 7) is 0. The van der Waals surface area contributed by atoms with E-state index in [0.717, 1.165) is 0 Å². The molecule has 0 saturated carbocycles. The Morgan fingerprint density at radius 3 is 2.89 bits per heavy atom. The van der Waals surface area contributed by atoms with Crippen molar-refractivity contribution in [3.05, 3.63) is 40.7 Å². The number of anilines is 1. The molecule has 2 rings (SSSR count). The highest BCUT2D eigenvalue weighted by Gasteiger charge is 2.10. The maximum absolute atomic E-state index is 11.8. The molecule has 0 aliphatic heterocycles. The Labute approximate surface area is 108 Å². The molecule has 0 radical (unpaired) electrons. The summed E-state index contributed by atoms with van der Waals surface area (Å²) in [5.41, 5.74) is 1.06. The van der Waals surface area contributed by atoms with Gasteiger partial charge in [0, 0.05) is 12.7 Å². The van der Waals surface area contributed by atoms with E-state index in [2.05, 4.69) is 15.5 Å². The highest BCUT2D eigenvalue weighted by molar-refractivity contribution is 6.32. The van der Waals surface area contributed by atoms with E-state index in [9.17, 15) is 4.79 Å². The summed E-state index contributed by atoms with van der Waals surface area (Å²) in [6.07, 6.45) is 1.36. The fourth-order valence-electron chi connectivity index (χ4n) is 1.33. The molecule has 0 bridgehead atoms. The van der Waals surface area contributed by atoms with Gasteiger partial charge < -0.3 is 5.32 Å². The van der Waals surface area contributed by atoms with E-state index in [0.29, 0.717) is 11.3 Å². The molecular weight excluding hydrogens is 254 g/mol. The fourth-order valence-corrected chi connectivity index (χ4v) is 1.55. The molecular formula is C11H8ClN5O. The molecule has 0 atom stereocenters. The van der Waals surface area contributed by atoms with Gasteiger partial charge in [-0.2, -0.15) is 15.2 Å². The van der Waals surface area contributed by atoms with Crippen LogP contribution in [0.2, 0.25) is 5.02 Å². The Balaban J connectivity index is 2.17. The molecule has 1 N–H and O–H groups in total. The minimum atomic E-state index is -0.385. The number of hydrogen-bond acceptors (Lipinski definition) is 4. The summed E-state index contributed by atoms with van der Waals surface area (Å²) in [7, 11) is 1.62. The molecule has 2 aromatic rings. The van der Waals surface area contributed by atoms with Crippen molar-refractivity contribution in [1.29, 1.82) is 5.26 Å². The topological polar surface area (TPSA) is 83.6 Å². The van der Waals surface area contributed by atoms with E-state index in [1.807, 2.05) is 6.07 Å². The molecule has 1 heterocycles. The molecule has 0 unspecified atom stereocenters. The molecule has 1 aromatic heterocycles. The molecule has 0 aliphatic carbocycles. The average Bonchev–Trinajstić information content (AvgIpc) is 2.76. The van der Waals surface area contributed by atoms with Gasteiger partial charge in [-0.15, -0.1) is 5.10 Å². The molecule has 18 heavy (non-hydrogen) atoms. The van der Waals surface area contributed by atoms with E-state index in [4.69, 9.17) is 16.9 Å². The van der Waals surface area contributed by atoms with Crippen molar-refractivity contribution in [2.75, 3.05) is 5.32 Å². The van der Waals surface area contributed by atoms with Gasteiger partial charge in [-0.3, -0.25) is 4.79 Å². The zero-order chi connectivity index (χ0) is 13.1. The first-order chi connectivity index (χ1) is 8.60. The minimum absolute atomic E-state index is 0.206. The second-order valence-electron chi connectivity index (χ2n) is 3.48. The summed E-state index contributed by atoms with van der Waals surface area (Å²) in [5, 5.41) is 19.3. The maximum atomic E-state index is 11.8. The van der Waals surface area contributed by atoms with Crippen molar-refractivity contribution < 1.29 is 4.79 Å². The minimum Gasteiger partial charge on any atom is -0.320 e. The van der Waals surface area contributed by atoms with Crippen LogP contribution in [0.15, 0.2) is 24.4 Å². The second-order valence-corrected chi connectivity index (χ2v) is 3.89. The number of aryl methyl sites for hydroxylation is 1. The van der Waals surface area contributed by atoms with Crippen LogP contribution in [0, 0.1) is 11.3 Å². The van der Waals surface area contributed by atoms with Crippen LogP contribution in [0.25, 0.3) is 0 Å². The molecule has 0 saturated heterocycles. The van der Waals surface area contributed by atoms with Crippen LogP contribution in [0.3, 0.4) is 0 Å². The van der Waals surface area contributed by atoms with E-state index in [1.165, 1.54) is 23.1 Å². The lowest BCUT2D eigenvalue weighted by atomic mass is 10.2. The highest BCUT2D eigenvalue weighted by Crippen LogP contribution is 2.20. The number of amides is 1. The van der Waals surface area contributed by atoms with Crippen LogP contribution < -0.4 is 5.32 Å². The fraction of sp³-hybridized carbons (Fsp3) is 0.0909. The Bertz CT molecular complexity index is 643. The van der Waals surface area contributed by atoms with Gasteiger partial charge in [0.1, 0.15) is 6.07 Å². The average molecular weight is 262 g/mol. The number of aromatic nitrogens is 3. The van der Waals surface area contributed by atoms with E-state index >= 15 is 0 Å². The summed E-state index contributed by atoms with van der Waals surface area (Å²) >= 11 is 5.86. The highest BCUT2D eigenvalue weighted by atomic mass is 35.5. The van der Waals surface area contributed by atoms with Gasteiger partial charge in [-0.1, -0.05) is 11.6 Å². The second kappa shape index (κ2) is 4.85. The van der Waals surface area contributed by atoms with Crippen molar-refractivity contribution in [2.45, 2.75) is 0 Å². The Kier molecular flexibility index (Phi) is 3.26. The quantitative estimate of drug-likeness (QED) is 0.890. The van der Waals surface area contributed by atoms with Crippen molar-refractivity contribution in [2.24, 2.45) is 7.05 Å². The number of benzene rings is 1. The van der Waals surface area contributed by atoms with Gasteiger partial charge >= 0.3 is 0 Å². The Morgan fingerprint density at radius 1 is 1.56 bits per heavy atom. The Morgan fingerprint density at radius 2 is 2.33 bits per heavy atom. The van der Waals surface area contributed by atoms with E-state index in [-0.39, 0.29) is 16.6 Å². The first kappa shape index (κ1) is 12.1. The number of nitrogens with one attached hydrogen (secondary N) is 1. The summed E-state index contributed by atoms with van der Waals surface area (Å²) < 4.78 is 0. The molecule has 1 aromatic carbocycles. The lowest BCUT2D eigenvalue weighted by molar-refractivity contribution is 0.102. The number of nitrogens with zero attached hydrogens (tertiary/aromatic N) is 4. The Hall–Kier alpha value is -2.39. The van der Waals surface area contributed by atoms with Crippen LogP contribution in [-0.2, 0) is 7.05 Å². The number of carbonyl (C=O) groups excluding carboxylic acids is 1. The third-order valence-corrected chi connectivity index (χ3v) is 2.49.